The largest absolute Gasteiger partial charge is 0.208 e. The van der Waals surface area contributed by atoms with Crippen LogP contribution in [0.5, 0.6) is 0 Å². The van der Waals surface area contributed by atoms with Crippen molar-refractivity contribution in [1.82, 2.24) is 15.0 Å². The number of rotatable bonds is 5. The monoisotopic (exact) mass is 847 g/mol. The maximum absolute atomic E-state index is 5.30. The summed E-state index contributed by atoms with van der Waals surface area (Å²) in [5.74, 6) is 1.96. The summed E-state index contributed by atoms with van der Waals surface area (Å²) in [4.78, 5) is 15.7. The molecule has 0 amide bonds. The molecular formula is C59H33N3S2. The molecule has 11 aromatic carbocycles. The molecule has 0 spiro atoms. The van der Waals surface area contributed by atoms with Crippen molar-refractivity contribution in [3.63, 3.8) is 0 Å². The molecule has 0 aliphatic carbocycles. The first-order valence-electron chi connectivity index (χ1n) is 21.6. The van der Waals surface area contributed by atoms with Crippen LogP contribution >= 0.6 is 22.7 Å². The Kier molecular flexibility index (Phi) is 7.73. The molecule has 0 radical (unpaired) electrons. The van der Waals surface area contributed by atoms with Crippen LogP contribution in [0.2, 0.25) is 0 Å². The van der Waals surface area contributed by atoms with Gasteiger partial charge in [0.15, 0.2) is 17.5 Å². The van der Waals surface area contributed by atoms with Gasteiger partial charge in [-0.15, -0.1) is 22.7 Å². The molecule has 0 unspecified atom stereocenters. The van der Waals surface area contributed by atoms with E-state index in [-0.39, 0.29) is 0 Å². The zero-order valence-electron chi connectivity index (χ0n) is 34.2. The lowest BCUT2D eigenvalue weighted by Crippen LogP contribution is -2.00. The molecule has 3 heterocycles. The van der Waals surface area contributed by atoms with E-state index in [4.69, 9.17) is 15.0 Å². The molecule has 3 nitrogen and oxygen atoms in total. The Labute approximate surface area is 375 Å². The zero-order chi connectivity index (χ0) is 41.9. The van der Waals surface area contributed by atoms with Crippen molar-refractivity contribution in [2.75, 3.05) is 0 Å². The van der Waals surface area contributed by atoms with Gasteiger partial charge < -0.3 is 0 Å². The third kappa shape index (κ3) is 5.61. The van der Waals surface area contributed by atoms with Crippen molar-refractivity contribution >= 4 is 106 Å². The minimum absolute atomic E-state index is 0.646. The maximum atomic E-state index is 5.30. The number of hydrogen-bond acceptors (Lipinski definition) is 5. The lowest BCUT2D eigenvalue weighted by atomic mass is 9.91. The summed E-state index contributed by atoms with van der Waals surface area (Å²) in [6.07, 6.45) is 0. The predicted octanol–water partition coefficient (Wildman–Crippen LogP) is 17.0. The Morgan fingerprint density at radius 3 is 1.64 bits per heavy atom. The number of nitrogens with zero attached hydrogens (tertiary/aromatic N) is 3. The molecule has 5 heteroatoms. The van der Waals surface area contributed by atoms with Gasteiger partial charge >= 0.3 is 0 Å². The van der Waals surface area contributed by atoms with Gasteiger partial charge in [0.1, 0.15) is 0 Å². The summed E-state index contributed by atoms with van der Waals surface area (Å²) < 4.78 is 5.04. The summed E-state index contributed by atoms with van der Waals surface area (Å²) in [5, 5.41) is 15.3. The highest BCUT2D eigenvalue weighted by molar-refractivity contribution is 7.26. The van der Waals surface area contributed by atoms with Crippen molar-refractivity contribution in [2.24, 2.45) is 0 Å². The summed E-state index contributed by atoms with van der Waals surface area (Å²) >= 11 is 3.68. The van der Waals surface area contributed by atoms with Crippen molar-refractivity contribution in [2.45, 2.75) is 0 Å². The Morgan fingerprint density at radius 2 is 0.812 bits per heavy atom. The van der Waals surface area contributed by atoms with Gasteiger partial charge in [0.2, 0.25) is 0 Å². The predicted molar refractivity (Wildman–Crippen MR) is 274 cm³/mol. The minimum atomic E-state index is 0.646. The summed E-state index contributed by atoms with van der Waals surface area (Å²) in [6.45, 7) is 0. The second-order valence-electron chi connectivity index (χ2n) is 16.8. The number of thiophene rings is 2. The third-order valence-electron chi connectivity index (χ3n) is 13.0. The van der Waals surface area contributed by atoms with E-state index in [0.717, 1.165) is 27.8 Å². The van der Waals surface area contributed by atoms with Crippen LogP contribution in [0, 0.1) is 0 Å². The first-order chi connectivity index (χ1) is 31.6. The first-order valence-corrected chi connectivity index (χ1v) is 23.2. The Bertz CT molecular complexity index is 4140. The first kappa shape index (κ1) is 35.7. The summed E-state index contributed by atoms with van der Waals surface area (Å²) in [7, 11) is 0. The van der Waals surface area contributed by atoms with Crippen molar-refractivity contribution in [1.29, 1.82) is 0 Å². The van der Waals surface area contributed by atoms with Gasteiger partial charge in [-0.25, -0.2) is 15.0 Å². The highest BCUT2D eigenvalue weighted by atomic mass is 32.1. The van der Waals surface area contributed by atoms with E-state index >= 15 is 0 Å². The minimum Gasteiger partial charge on any atom is -0.208 e. The van der Waals surface area contributed by atoms with Crippen LogP contribution in [0.15, 0.2) is 200 Å². The van der Waals surface area contributed by atoms with E-state index in [0.29, 0.717) is 17.5 Å². The van der Waals surface area contributed by atoms with Gasteiger partial charge in [0.05, 0.1) is 0 Å². The van der Waals surface area contributed by atoms with Crippen LogP contribution in [0.3, 0.4) is 0 Å². The average Bonchev–Trinajstić information content (AvgIpc) is 3.92. The van der Waals surface area contributed by atoms with Gasteiger partial charge in [-0.1, -0.05) is 146 Å². The van der Waals surface area contributed by atoms with Gasteiger partial charge in [0, 0.05) is 57.0 Å². The molecule has 0 fully saturated rings. The topological polar surface area (TPSA) is 38.7 Å². The Morgan fingerprint density at radius 1 is 0.250 bits per heavy atom. The smallest absolute Gasteiger partial charge is 0.164 e. The third-order valence-corrected chi connectivity index (χ3v) is 15.2. The molecule has 3 aromatic heterocycles. The van der Waals surface area contributed by atoms with E-state index in [9.17, 15) is 0 Å². The zero-order valence-corrected chi connectivity index (χ0v) is 35.8. The van der Waals surface area contributed by atoms with Gasteiger partial charge in [-0.3, -0.25) is 0 Å². The molecule has 0 aliphatic heterocycles. The molecule has 14 aromatic rings. The van der Waals surface area contributed by atoms with Crippen LogP contribution in [0.1, 0.15) is 0 Å². The lowest BCUT2D eigenvalue weighted by molar-refractivity contribution is 1.08. The highest BCUT2D eigenvalue weighted by Gasteiger charge is 2.19. The van der Waals surface area contributed by atoms with E-state index in [2.05, 4.69) is 182 Å². The fraction of sp³-hybridized carbons (Fsp3) is 0. The van der Waals surface area contributed by atoms with Gasteiger partial charge in [0.25, 0.3) is 0 Å². The van der Waals surface area contributed by atoms with Crippen molar-refractivity contribution < 1.29 is 0 Å². The number of fused-ring (bicyclic) bond motifs is 7. The van der Waals surface area contributed by atoms with Gasteiger partial charge in [-0.05, 0) is 120 Å². The molecule has 14 rings (SSSR count). The van der Waals surface area contributed by atoms with Crippen LogP contribution in [-0.2, 0) is 0 Å². The molecule has 64 heavy (non-hydrogen) atoms. The van der Waals surface area contributed by atoms with E-state index in [1.807, 2.05) is 40.9 Å². The summed E-state index contributed by atoms with van der Waals surface area (Å²) in [6, 6.07) is 72.8. The average molecular weight is 848 g/mol. The van der Waals surface area contributed by atoms with Crippen molar-refractivity contribution in [3.05, 3.63) is 200 Å². The second kappa shape index (κ2) is 13.8. The normalized spacial score (nSPS) is 12.1. The number of aromatic nitrogens is 3. The van der Waals surface area contributed by atoms with Crippen LogP contribution in [0.4, 0.5) is 0 Å². The molecule has 296 valence electrons. The molecule has 0 saturated carbocycles. The van der Waals surface area contributed by atoms with Crippen molar-refractivity contribution in [3.8, 4) is 56.4 Å². The van der Waals surface area contributed by atoms with Crippen LogP contribution in [0.25, 0.3) is 140 Å². The highest BCUT2D eigenvalue weighted by Crippen LogP contribution is 2.44. The van der Waals surface area contributed by atoms with Crippen LogP contribution in [-0.4, -0.2) is 15.0 Å². The van der Waals surface area contributed by atoms with Gasteiger partial charge in [-0.2, -0.15) is 0 Å². The Hall–Kier alpha value is -7.83. The van der Waals surface area contributed by atoms with E-state index in [1.54, 1.807) is 0 Å². The second-order valence-corrected chi connectivity index (χ2v) is 18.9. The molecule has 0 aliphatic rings. The maximum Gasteiger partial charge on any atom is 0.164 e. The SMILES string of the molecule is c1ccc(-c2nc(-c3cccc(-c4ccc5sc6cc7ccccc7cc6c5c4)c3)nc(-c3cccc4sc5cc(-c6cc7ccc8cccc9ccc(c6)c7c89)ccc5c34)n2)cc1. The molecule has 0 atom stereocenters. The molecule has 0 N–H and O–H groups in total. The summed E-state index contributed by atoms with van der Waals surface area (Å²) in [5.41, 5.74) is 7.61. The molecule has 0 saturated heterocycles. The Balaban J connectivity index is 0.889. The van der Waals surface area contributed by atoms with Crippen LogP contribution < -0.4 is 0 Å². The fourth-order valence-electron chi connectivity index (χ4n) is 9.93. The molecular weight excluding hydrogens is 815 g/mol. The standard InChI is InChI=1S/C59H33N3S2/c1-2-9-36(10-3-1)57-60-58(44-16-7-15-37(27-44)40-24-26-50-48(31-40)49-30-38-11-4-5-12-39(38)32-53(49)63-50)62-59(61-57)47-17-8-18-51-56(47)46-25-23-41(33-52(46)64-51)45-28-42-21-19-34-13-6-14-35-20-22-43(29-45)55(42)54(34)35/h1-33H. The van der Waals surface area contributed by atoms with E-state index < -0.39 is 0 Å². The number of benzene rings is 11. The lowest BCUT2D eigenvalue weighted by Gasteiger charge is -2.13. The fourth-order valence-corrected chi connectivity index (χ4v) is 12.2. The van der Waals surface area contributed by atoms with E-state index in [1.165, 1.54) is 94.6 Å². The molecule has 0 bridgehead atoms. The number of hydrogen-bond donors (Lipinski definition) is 0. The quantitative estimate of drug-likeness (QED) is 0.162.